The summed E-state index contributed by atoms with van der Waals surface area (Å²) in [5.41, 5.74) is 2.30. The summed E-state index contributed by atoms with van der Waals surface area (Å²) in [5, 5.41) is 3.42. The van der Waals surface area contributed by atoms with E-state index in [-0.39, 0.29) is 0 Å². The zero-order chi connectivity index (χ0) is 18.5. The van der Waals surface area contributed by atoms with Gasteiger partial charge in [-0.2, -0.15) is 0 Å². The molecule has 3 aromatic rings. The van der Waals surface area contributed by atoms with Crippen molar-refractivity contribution in [3.8, 4) is 28.4 Å². The van der Waals surface area contributed by atoms with Crippen LogP contribution in [0.3, 0.4) is 0 Å². The average Bonchev–Trinajstić information content (AvgIpc) is 3.18. The normalized spacial score (nSPS) is 12.5. The van der Waals surface area contributed by atoms with Crippen LogP contribution in [-0.2, 0) is 0 Å². The zero-order valence-electron chi connectivity index (χ0n) is 15.2. The highest BCUT2D eigenvalue weighted by atomic mass is 79.9. The first kappa shape index (κ1) is 18.2. The Morgan fingerprint density at radius 2 is 1.63 bits per heavy atom. The topological polar surface area (TPSA) is 27.7 Å². The van der Waals surface area contributed by atoms with Gasteiger partial charge in [-0.25, -0.2) is 0 Å². The molecule has 1 aliphatic heterocycles. The first-order chi connectivity index (χ1) is 13.4. The summed E-state index contributed by atoms with van der Waals surface area (Å²) in [4.78, 5) is 0. The Hall–Kier alpha value is -2.20. The zero-order valence-corrected chi connectivity index (χ0v) is 16.8. The first-order valence-corrected chi connectivity index (χ1v) is 10.6. The molecule has 1 aliphatic rings. The summed E-state index contributed by atoms with van der Waals surface area (Å²) < 4.78 is 17.1. The number of fused-ring (bicyclic) bond motifs is 2. The van der Waals surface area contributed by atoms with Crippen molar-refractivity contribution in [1.29, 1.82) is 0 Å². The van der Waals surface area contributed by atoms with Gasteiger partial charge in [-0.05, 0) is 47.6 Å². The van der Waals surface area contributed by atoms with Crippen molar-refractivity contribution >= 4 is 26.7 Å². The summed E-state index contributed by atoms with van der Waals surface area (Å²) in [6.45, 7) is 1.05. The molecular formula is C23H23BrO3. The third kappa shape index (κ3) is 4.06. The third-order valence-corrected chi connectivity index (χ3v) is 5.41. The molecule has 3 nitrogen and oxygen atoms in total. The molecule has 0 spiro atoms. The Morgan fingerprint density at radius 3 is 2.52 bits per heavy atom. The molecule has 0 bridgehead atoms. The van der Waals surface area contributed by atoms with Crippen LogP contribution in [0.2, 0.25) is 0 Å². The van der Waals surface area contributed by atoms with E-state index in [1.165, 1.54) is 30.2 Å². The van der Waals surface area contributed by atoms with Crippen molar-refractivity contribution in [2.45, 2.75) is 25.7 Å². The van der Waals surface area contributed by atoms with E-state index in [0.717, 1.165) is 46.6 Å². The Bertz CT molecular complexity index is 923. The van der Waals surface area contributed by atoms with E-state index in [1.54, 1.807) is 0 Å². The quantitative estimate of drug-likeness (QED) is 0.301. The lowest BCUT2D eigenvalue weighted by Gasteiger charge is -2.13. The van der Waals surface area contributed by atoms with Crippen LogP contribution in [0.1, 0.15) is 25.7 Å². The number of alkyl halides is 1. The molecule has 27 heavy (non-hydrogen) atoms. The van der Waals surface area contributed by atoms with Crippen LogP contribution in [0.15, 0.2) is 54.6 Å². The van der Waals surface area contributed by atoms with Crippen molar-refractivity contribution in [2.75, 3.05) is 18.7 Å². The number of hydrogen-bond acceptors (Lipinski definition) is 3. The lowest BCUT2D eigenvalue weighted by molar-refractivity contribution is 0.174. The molecule has 0 amide bonds. The van der Waals surface area contributed by atoms with E-state index in [0.29, 0.717) is 6.79 Å². The van der Waals surface area contributed by atoms with Gasteiger partial charge in [0.2, 0.25) is 6.79 Å². The van der Waals surface area contributed by atoms with Gasteiger partial charge in [-0.1, -0.05) is 65.2 Å². The van der Waals surface area contributed by atoms with Gasteiger partial charge in [0, 0.05) is 10.7 Å². The fraction of sp³-hybridized carbons (Fsp3) is 0.304. The molecule has 0 aliphatic carbocycles. The van der Waals surface area contributed by atoms with E-state index < -0.39 is 0 Å². The van der Waals surface area contributed by atoms with Gasteiger partial charge < -0.3 is 14.2 Å². The minimum Gasteiger partial charge on any atom is -0.493 e. The van der Waals surface area contributed by atoms with E-state index in [9.17, 15) is 0 Å². The maximum absolute atomic E-state index is 6.11. The van der Waals surface area contributed by atoms with Crippen LogP contribution in [0.5, 0.6) is 17.2 Å². The number of hydrogen-bond donors (Lipinski definition) is 0. The Kier molecular flexibility index (Phi) is 5.83. The minimum atomic E-state index is 0.294. The predicted octanol–water partition coefficient (Wildman–Crippen LogP) is 6.57. The predicted molar refractivity (Wildman–Crippen MR) is 113 cm³/mol. The molecule has 0 N–H and O–H groups in total. The van der Waals surface area contributed by atoms with Crippen molar-refractivity contribution in [2.24, 2.45) is 0 Å². The smallest absolute Gasteiger partial charge is 0.231 e. The van der Waals surface area contributed by atoms with Gasteiger partial charge in [0.25, 0.3) is 0 Å². The maximum atomic E-state index is 6.11. The molecule has 4 heteroatoms. The maximum Gasteiger partial charge on any atom is 0.231 e. The summed E-state index contributed by atoms with van der Waals surface area (Å²) in [6.07, 6.45) is 4.77. The molecule has 0 saturated carbocycles. The Balaban J connectivity index is 1.57. The molecule has 3 aromatic carbocycles. The van der Waals surface area contributed by atoms with Gasteiger partial charge in [-0.3, -0.25) is 0 Å². The van der Waals surface area contributed by atoms with Crippen molar-refractivity contribution in [1.82, 2.24) is 0 Å². The average molecular weight is 427 g/mol. The molecule has 140 valence electrons. The van der Waals surface area contributed by atoms with Crippen LogP contribution in [0, 0.1) is 0 Å². The molecule has 0 atom stereocenters. The molecule has 0 unspecified atom stereocenters. The summed E-state index contributed by atoms with van der Waals surface area (Å²) in [6, 6.07) is 18.8. The highest BCUT2D eigenvalue weighted by Crippen LogP contribution is 2.39. The Morgan fingerprint density at radius 1 is 0.815 bits per heavy atom. The number of halogens is 1. The SMILES string of the molecule is BrCCCCCCOc1ccc(-c2ccc3c(c2)OCO3)c2ccccc12. The van der Waals surface area contributed by atoms with Crippen molar-refractivity contribution < 1.29 is 14.2 Å². The van der Waals surface area contributed by atoms with Crippen molar-refractivity contribution in [3.63, 3.8) is 0 Å². The second kappa shape index (κ2) is 8.66. The van der Waals surface area contributed by atoms with E-state index in [4.69, 9.17) is 14.2 Å². The van der Waals surface area contributed by atoms with Gasteiger partial charge in [0.1, 0.15) is 5.75 Å². The number of rotatable bonds is 8. The second-order valence-corrected chi connectivity index (χ2v) is 7.47. The van der Waals surface area contributed by atoms with Gasteiger partial charge in [-0.15, -0.1) is 0 Å². The monoisotopic (exact) mass is 426 g/mol. The third-order valence-electron chi connectivity index (χ3n) is 4.85. The molecular weight excluding hydrogens is 404 g/mol. The van der Waals surface area contributed by atoms with E-state index >= 15 is 0 Å². The van der Waals surface area contributed by atoms with Gasteiger partial charge >= 0.3 is 0 Å². The van der Waals surface area contributed by atoms with Crippen LogP contribution >= 0.6 is 15.9 Å². The second-order valence-electron chi connectivity index (χ2n) is 6.68. The Labute approximate surface area is 168 Å². The highest BCUT2D eigenvalue weighted by Gasteiger charge is 2.15. The van der Waals surface area contributed by atoms with Gasteiger partial charge in [0.05, 0.1) is 6.61 Å². The van der Waals surface area contributed by atoms with Crippen LogP contribution in [0.4, 0.5) is 0 Å². The van der Waals surface area contributed by atoms with E-state index in [2.05, 4.69) is 64.5 Å². The van der Waals surface area contributed by atoms with Crippen LogP contribution in [-0.4, -0.2) is 18.7 Å². The van der Waals surface area contributed by atoms with Crippen LogP contribution in [0.25, 0.3) is 21.9 Å². The minimum absolute atomic E-state index is 0.294. The fourth-order valence-electron chi connectivity index (χ4n) is 3.45. The molecule has 0 fully saturated rings. The molecule has 0 saturated heterocycles. The first-order valence-electron chi connectivity index (χ1n) is 9.47. The molecule has 1 heterocycles. The van der Waals surface area contributed by atoms with Gasteiger partial charge in [0.15, 0.2) is 11.5 Å². The van der Waals surface area contributed by atoms with Crippen LogP contribution < -0.4 is 14.2 Å². The number of ether oxygens (including phenoxy) is 3. The standard InChI is InChI=1S/C23H23BrO3/c24-13-5-1-2-6-14-25-21-12-10-18(19-7-3-4-8-20(19)21)17-9-11-22-23(15-17)27-16-26-22/h3-4,7-12,15H,1-2,5-6,13-14,16H2. The molecule has 4 rings (SSSR count). The fourth-order valence-corrected chi connectivity index (χ4v) is 3.84. The summed E-state index contributed by atoms with van der Waals surface area (Å²) in [5.74, 6) is 2.57. The van der Waals surface area contributed by atoms with Crippen molar-refractivity contribution in [3.05, 3.63) is 54.6 Å². The molecule has 0 aromatic heterocycles. The highest BCUT2D eigenvalue weighted by molar-refractivity contribution is 9.09. The summed E-state index contributed by atoms with van der Waals surface area (Å²) >= 11 is 3.48. The van der Waals surface area contributed by atoms with E-state index in [1.807, 2.05) is 6.07 Å². The largest absolute Gasteiger partial charge is 0.493 e. The summed E-state index contributed by atoms with van der Waals surface area (Å²) in [7, 11) is 0. The lowest BCUT2D eigenvalue weighted by Crippen LogP contribution is -1.98. The lowest BCUT2D eigenvalue weighted by atomic mass is 9.97. The molecule has 0 radical (unpaired) electrons. The number of benzene rings is 3. The number of unbranched alkanes of at least 4 members (excludes halogenated alkanes) is 3.